The maximum atomic E-state index is 12.3. The maximum absolute atomic E-state index is 12.3. The summed E-state index contributed by atoms with van der Waals surface area (Å²) in [5, 5.41) is 7.82. The van der Waals surface area contributed by atoms with Gasteiger partial charge in [-0.1, -0.05) is 17.7 Å². The Labute approximate surface area is 113 Å². The zero-order valence-electron chi connectivity index (χ0n) is 10.1. The molecule has 4 nitrogen and oxygen atoms in total. The molecule has 0 saturated heterocycles. The lowest BCUT2D eigenvalue weighted by Gasteiger charge is -2.12. The van der Waals surface area contributed by atoms with Crippen molar-refractivity contribution in [3.8, 4) is 5.75 Å². The summed E-state index contributed by atoms with van der Waals surface area (Å²) in [6, 6.07) is 4.10. The van der Waals surface area contributed by atoms with Crippen LogP contribution in [-0.2, 0) is 9.53 Å². The largest absolute Gasteiger partial charge is 0.466 e. The number of hydrogen-bond acceptors (Lipinski definition) is 4. The molecule has 0 spiro atoms. The van der Waals surface area contributed by atoms with E-state index in [1.807, 2.05) is 0 Å². The van der Waals surface area contributed by atoms with E-state index in [1.54, 1.807) is 6.92 Å². The highest BCUT2D eigenvalue weighted by atomic mass is 35.5. The van der Waals surface area contributed by atoms with Crippen molar-refractivity contribution in [3.63, 3.8) is 0 Å². The molecule has 1 aromatic rings. The van der Waals surface area contributed by atoms with E-state index in [9.17, 15) is 13.6 Å². The van der Waals surface area contributed by atoms with Crippen molar-refractivity contribution in [2.45, 2.75) is 20.0 Å². The van der Waals surface area contributed by atoms with Crippen LogP contribution in [0.4, 0.5) is 8.78 Å². The minimum atomic E-state index is -3.03. The summed E-state index contributed by atoms with van der Waals surface area (Å²) in [5.41, 5.74) is -0.266. The average molecular weight is 292 g/mol. The zero-order valence-corrected chi connectivity index (χ0v) is 10.8. The monoisotopic (exact) mass is 291 g/mol. The molecule has 0 aliphatic rings. The second-order valence-electron chi connectivity index (χ2n) is 3.45. The summed E-state index contributed by atoms with van der Waals surface area (Å²) in [6.45, 7) is -1.23. The van der Waals surface area contributed by atoms with Crippen molar-refractivity contribution < 1.29 is 23.0 Å². The lowest BCUT2D eigenvalue weighted by Crippen LogP contribution is -2.14. The molecule has 0 aliphatic heterocycles. The predicted molar refractivity (Wildman–Crippen MR) is 66.2 cm³/mol. The van der Waals surface area contributed by atoms with Crippen molar-refractivity contribution in [1.82, 2.24) is 0 Å². The molecule has 0 amide bonds. The summed E-state index contributed by atoms with van der Waals surface area (Å²) < 4.78 is 33.5. The first kappa shape index (κ1) is 15.4. The number of ether oxygens (including phenoxy) is 2. The minimum Gasteiger partial charge on any atom is -0.466 e. The van der Waals surface area contributed by atoms with Crippen LogP contribution in [0, 0.1) is 5.41 Å². The van der Waals surface area contributed by atoms with Crippen LogP contribution in [0.1, 0.15) is 18.9 Å². The molecule has 0 heterocycles. The highest BCUT2D eigenvalue weighted by Gasteiger charge is 2.19. The van der Waals surface area contributed by atoms with Gasteiger partial charge in [0.25, 0.3) is 0 Å². The predicted octanol–water partition coefficient (Wildman–Crippen LogP) is 3.26. The third kappa shape index (κ3) is 4.48. The first-order chi connectivity index (χ1) is 8.95. The summed E-state index contributed by atoms with van der Waals surface area (Å²) >= 11 is 5.85. The molecule has 0 unspecified atom stereocenters. The van der Waals surface area contributed by atoms with E-state index >= 15 is 0 Å². The molecule has 0 atom stereocenters. The molecule has 0 aliphatic carbocycles. The number of benzene rings is 1. The number of carbonyl (C=O) groups is 1. The topological polar surface area (TPSA) is 59.4 Å². The van der Waals surface area contributed by atoms with E-state index in [2.05, 4.69) is 9.47 Å². The Morgan fingerprint density at radius 1 is 1.47 bits per heavy atom. The van der Waals surface area contributed by atoms with Crippen LogP contribution >= 0.6 is 11.6 Å². The third-order valence-corrected chi connectivity index (χ3v) is 2.43. The quantitative estimate of drug-likeness (QED) is 0.646. The first-order valence-electron chi connectivity index (χ1n) is 5.42. The molecule has 19 heavy (non-hydrogen) atoms. The van der Waals surface area contributed by atoms with Crippen molar-refractivity contribution in [3.05, 3.63) is 28.8 Å². The maximum Gasteiger partial charge on any atom is 0.387 e. The van der Waals surface area contributed by atoms with Gasteiger partial charge in [-0.05, 0) is 19.1 Å². The molecule has 0 fully saturated rings. The second kappa shape index (κ2) is 7.04. The molecule has 0 radical (unpaired) electrons. The van der Waals surface area contributed by atoms with Gasteiger partial charge in [0.1, 0.15) is 5.75 Å². The SMILES string of the molecule is CCOC(=O)CC(=N)c1c(Cl)cccc1OC(F)F. The molecule has 1 rings (SSSR count). The number of esters is 1. The first-order valence-corrected chi connectivity index (χ1v) is 5.80. The normalized spacial score (nSPS) is 10.4. The van der Waals surface area contributed by atoms with Crippen LogP contribution in [0.25, 0.3) is 0 Å². The lowest BCUT2D eigenvalue weighted by molar-refractivity contribution is -0.141. The molecule has 1 aromatic carbocycles. The number of halogens is 3. The number of hydrogen-bond donors (Lipinski definition) is 1. The Morgan fingerprint density at radius 3 is 2.74 bits per heavy atom. The molecule has 1 N–H and O–H groups in total. The van der Waals surface area contributed by atoms with Crippen LogP contribution < -0.4 is 4.74 Å². The molecular formula is C12H12ClF2NO3. The average Bonchev–Trinajstić information content (AvgIpc) is 2.27. The highest BCUT2D eigenvalue weighted by Crippen LogP contribution is 2.29. The van der Waals surface area contributed by atoms with Gasteiger partial charge in [-0.25, -0.2) is 0 Å². The van der Waals surface area contributed by atoms with Crippen LogP contribution in [-0.4, -0.2) is 24.9 Å². The van der Waals surface area contributed by atoms with Gasteiger partial charge < -0.3 is 14.9 Å². The zero-order chi connectivity index (χ0) is 14.4. The third-order valence-electron chi connectivity index (χ3n) is 2.12. The smallest absolute Gasteiger partial charge is 0.387 e. The minimum absolute atomic E-state index is 0.0301. The Hall–Kier alpha value is -1.69. The number of carbonyl (C=O) groups excluding carboxylic acids is 1. The van der Waals surface area contributed by atoms with Gasteiger partial charge in [0.15, 0.2) is 0 Å². The Morgan fingerprint density at radius 2 is 2.16 bits per heavy atom. The standard InChI is InChI=1S/C12H12ClF2NO3/c1-2-18-10(17)6-8(16)11-7(13)4-3-5-9(11)19-12(14)15/h3-5,12,16H,2,6H2,1H3. The van der Waals surface area contributed by atoms with Crippen molar-refractivity contribution in [1.29, 1.82) is 5.41 Å². The van der Waals surface area contributed by atoms with E-state index in [4.69, 9.17) is 17.0 Å². The summed E-state index contributed by atoms with van der Waals surface area (Å²) in [4.78, 5) is 11.3. The molecule has 7 heteroatoms. The summed E-state index contributed by atoms with van der Waals surface area (Å²) in [6.07, 6.45) is -0.364. The van der Waals surface area contributed by atoms with Gasteiger partial charge >= 0.3 is 12.6 Å². The second-order valence-corrected chi connectivity index (χ2v) is 3.86. The molecule has 104 valence electrons. The van der Waals surface area contributed by atoms with Crippen LogP contribution in [0.3, 0.4) is 0 Å². The van der Waals surface area contributed by atoms with Crippen LogP contribution in [0.15, 0.2) is 18.2 Å². The van der Waals surface area contributed by atoms with Gasteiger partial charge in [-0.15, -0.1) is 0 Å². The van der Waals surface area contributed by atoms with E-state index in [0.717, 1.165) is 0 Å². The van der Waals surface area contributed by atoms with Crippen molar-refractivity contribution >= 4 is 23.3 Å². The Bertz CT molecular complexity index is 480. The Balaban J connectivity index is 2.97. The van der Waals surface area contributed by atoms with E-state index < -0.39 is 12.6 Å². The van der Waals surface area contributed by atoms with Gasteiger partial charge in [0, 0.05) is 0 Å². The van der Waals surface area contributed by atoms with Crippen molar-refractivity contribution in [2.75, 3.05) is 6.61 Å². The summed E-state index contributed by atoms with van der Waals surface area (Å²) in [5.74, 6) is -0.868. The fraction of sp³-hybridized carbons (Fsp3) is 0.333. The van der Waals surface area contributed by atoms with Gasteiger partial charge in [0.2, 0.25) is 0 Å². The lowest BCUT2D eigenvalue weighted by atomic mass is 10.1. The summed E-state index contributed by atoms with van der Waals surface area (Å²) in [7, 11) is 0. The number of nitrogens with one attached hydrogen (secondary N) is 1. The van der Waals surface area contributed by atoms with Gasteiger partial charge in [-0.3, -0.25) is 4.79 Å². The van der Waals surface area contributed by atoms with Crippen LogP contribution in [0.5, 0.6) is 5.75 Å². The highest BCUT2D eigenvalue weighted by molar-refractivity contribution is 6.35. The molecule has 0 saturated carbocycles. The van der Waals surface area contributed by atoms with E-state index in [0.29, 0.717) is 0 Å². The van der Waals surface area contributed by atoms with E-state index in [1.165, 1.54) is 18.2 Å². The fourth-order valence-electron chi connectivity index (χ4n) is 1.44. The van der Waals surface area contributed by atoms with Gasteiger partial charge in [-0.2, -0.15) is 8.78 Å². The Kier molecular flexibility index (Phi) is 5.69. The molecular weight excluding hydrogens is 280 g/mol. The van der Waals surface area contributed by atoms with Crippen LogP contribution in [0.2, 0.25) is 5.02 Å². The number of alkyl halides is 2. The molecule has 0 aromatic heterocycles. The molecule has 0 bridgehead atoms. The number of rotatable bonds is 6. The van der Waals surface area contributed by atoms with E-state index in [-0.39, 0.29) is 35.1 Å². The van der Waals surface area contributed by atoms with Gasteiger partial charge in [0.05, 0.1) is 29.3 Å². The van der Waals surface area contributed by atoms with Crippen molar-refractivity contribution in [2.24, 2.45) is 0 Å². The fourth-order valence-corrected chi connectivity index (χ4v) is 1.72.